The molecule has 0 aliphatic carbocycles. The van der Waals surface area contributed by atoms with Gasteiger partial charge in [-0.1, -0.05) is 17.7 Å². The van der Waals surface area contributed by atoms with Crippen LogP contribution in [0.3, 0.4) is 0 Å². The van der Waals surface area contributed by atoms with Crippen molar-refractivity contribution in [1.82, 2.24) is 9.78 Å². The van der Waals surface area contributed by atoms with Gasteiger partial charge in [-0.15, -0.1) is 11.3 Å². The monoisotopic (exact) mass is 283 g/mol. The van der Waals surface area contributed by atoms with Gasteiger partial charge >= 0.3 is 0 Å². The number of rotatable bonds is 2. The van der Waals surface area contributed by atoms with Crippen LogP contribution in [-0.2, 0) is 0 Å². The highest BCUT2D eigenvalue weighted by atomic mass is 32.1. The van der Waals surface area contributed by atoms with E-state index in [2.05, 4.69) is 56.2 Å². The first kappa shape index (κ1) is 12.9. The maximum absolute atomic E-state index is 6.12. The van der Waals surface area contributed by atoms with Crippen molar-refractivity contribution in [1.29, 1.82) is 0 Å². The highest BCUT2D eigenvalue weighted by molar-refractivity contribution is 7.15. The number of nitrogens with two attached hydrogens (primary N) is 1. The van der Waals surface area contributed by atoms with Crippen LogP contribution < -0.4 is 5.73 Å². The number of aryl methyl sites for hydroxylation is 3. The smallest absolute Gasteiger partial charge is 0.126 e. The summed E-state index contributed by atoms with van der Waals surface area (Å²) in [5, 5.41) is 4.66. The van der Waals surface area contributed by atoms with Crippen LogP contribution in [0.2, 0.25) is 0 Å². The highest BCUT2D eigenvalue weighted by Crippen LogP contribution is 2.31. The van der Waals surface area contributed by atoms with Crippen molar-refractivity contribution in [2.24, 2.45) is 0 Å². The molecule has 3 aromatic rings. The van der Waals surface area contributed by atoms with Gasteiger partial charge in [0.1, 0.15) is 5.69 Å². The fourth-order valence-corrected chi connectivity index (χ4v) is 3.20. The molecular weight excluding hydrogens is 266 g/mol. The van der Waals surface area contributed by atoms with E-state index in [4.69, 9.17) is 5.73 Å². The Kier molecular flexibility index (Phi) is 3.10. The van der Waals surface area contributed by atoms with E-state index < -0.39 is 0 Å². The molecule has 0 saturated heterocycles. The molecule has 1 aromatic carbocycles. The molecule has 0 bridgehead atoms. The third kappa shape index (κ3) is 2.23. The molecular formula is C16H17N3S. The second-order valence-corrected chi connectivity index (χ2v) is 6.37. The van der Waals surface area contributed by atoms with Crippen LogP contribution >= 0.6 is 11.3 Å². The standard InChI is InChI=1S/C16H17N3S/c1-10-4-6-14(11(2)8-10)19-9-13(17)16(18-19)15-7-5-12(3)20-15/h4-9H,17H2,1-3H3. The van der Waals surface area contributed by atoms with Gasteiger partial charge in [0.2, 0.25) is 0 Å². The van der Waals surface area contributed by atoms with Crippen molar-refractivity contribution in [2.75, 3.05) is 5.73 Å². The lowest BCUT2D eigenvalue weighted by Gasteiger charge is -2.06. The number of benzene rings is 1. The molecule has 0 spiro atoms. The molecule has 102 valence electrons. The molecule has 4 heteroatoms. The van der Waals surface area contributed by atoms with Crippen molar-refractivity contribution in [3.05, 3.63) is 52.5 Å². The molecule has 2 heterocycles. The van der Waals surface area contributed by atoms with Gasteiger partial charge < -0.3 is 5.73 Å². The summed E-state index contributed by atoms with van der Waals surface area (Å²) in [6, 6.07) is 10.5. The highest BCUT2D eigenvalue weighted by Gasteiger charge is 2.12. The average molecular weight is 283 g/mol. The summed E-state index contributed by atoms with van der Waals surface area (Å²) in [6.45, 7) is 6.27. The molecule has 0 unspecified atom stereocenters. The van der Waals surface area contributed by atoms with Crippen molar-refractivity contribution in [3.63, 3.8) is 0 Å². The molecule has 0 atom stereocenters. The van der Waals surface area contributed by atoms with Crippen molar-refractivity contribution < 1.29 is 0 Å². The number of nitrogen functional groups attached to an aromatic ring is 1. The zero-order valence-corrected chi connectivity index (χ0v) is 12.7. The van der Waals surface area contributed by atoms with E-state index in [9.17, 15) is 0 Å². The Morgan fingerprint density at radius 2 is 1.90 bits per heavy atom. The third-order valence-electron chi connectivity index (χ3n) is 3.32. The van der Waals surface area contributed by atoms with Gasteiger partial charge in [-0.25, -0.2) is 4.68 Å². The summed E-state index contributed by atoms with van der Waals surface area (Å²) in [4.78, 5) is 2.38. The summed E-state index contributed by atoms with van der Waals surface area (Å²) in [5.41, 5.74) is 11.2. The zero-order chi connectivity index (χ0) is 14.3. The lowest BCUT2D eigenvalue weighted by atomic mass is 10.1. The van der Waals surface area contributed by atoms with Crippen LogP contribution in [0.1, 0.15) is 16.0 Å². The number of anilines is 1. The van der Waals surface area contributed by atoms with Crippen LogP contribution in [0, 0.1) is 20.8 Å². The molecule has 0 saturated carbocycles. The Labute approximate surface area is 122 Å². The molecule has 3 rings (SSSR count). The first-order chi connectivity index (χ1) is 9.54. The zero-order valence-electron chi connectivity index (χ0n) is 11.8. The van der Waals surface area contributed by atoms with Gasteiger partial charge in [0.25, 0.3) is 0 Å². The fraction of sp³-hybridized carbons (Fsp3) is 0.188. The van der Waals surface area contributed by atoms with Crippen molar-refractivity contribution in [3.8, 4) is 16.3 Å². The Morgan fingerprint density at radius 3 is 2.55 bits per heavy atom. The summed E-state index contributed by atoms with van der Waals surface area (Å²) in [6.07, 6.45) is 1.89. The van der Waals surface area contributed by atoms with E-state index in [0.29, 0.717) is 5.69 Å². The summed E-state index contributed by atoms with van der Waals surface area (Å²) in [5.74, 6) is 0. The van der Waals surface area contributed by atoms with Gasteiger partial charge in [-0.3, -0.25) is 0 Å². The van der Waals surface area contributed by atoms with Gasteiger partial charge in [0.05, 0.1) is 22.4 Å². The number of hydrogen-bond donors (Lipinski definition) is 1. The lowest BCUT2D eigenvalue weighted by Crippen LogP contribution is -1.98. The summed E-state index contributed by atoms with van der Waals surface area (Å²) < 4.78 is 1.87. The Morgan fingerprint density at radius 1 is 1.10 bits per heavy atom. The van der Waals surface area contributed by atoms with Gasteiger partial charge in [-0.2, -0.15) is 5.10 Å². The predicted molar refractivity (Wildman–Crippen MR) is 85.5 cm³/mol. The Balaban J connectivity index is 2.08. The summed E-state index contributed by atoms with van der Waals surface area (Å²) >= 11 is 1.71. The lowest BCUT2D eigenvalue weighted by molar-refractivity contribution is 0.876. The first-order valence-corrected chi connectivity index (χ1v) is 7.36. The molecule has 2 N–H and O–H groups in total. The SMILES string of the molecule is Cc1ccc(-n2cc(N)c(-c3ccc(C)s3)n2)c(C)c1. The van der Waals surface area contributed by atoms with E-state index >= 15 is 0 Å². The Hall–Kier alpha value is -2.07. The van der Waals surface area contributed by atoms with Crippen LogP contribution in [0.4, 0.5) is 5.69 Å². The molecule has 0 amide bonds. The van der Waals surface area contributed by atoms with E-state index in [1.165, 1.54) is 16.0 Å². The topological polar surface area (TPSA) is 43.8 Å². The fourth-order valence-electron chi connectivity index (χ4n) is 2.33. The first-order valence-electron chi connectivity index (χ1n) is 6.54. The van der Waals surface area contributed by atoms with Crippen molar-refractivity contribution in [2.45, 2.75) is 20.8 Å². The molecule has 0 radical (unpaired) electrons. The average Bonchev–Trinajstić information content (AvgIpc) is 2.95. The van der Waals surface area contributed by atoms with Gasteiger partial charge in [-0.05, 0) is 44.5 Å². The van der Waals surface area contributed by atoms with E-state index in [1.54, 1.807) is 11.3 Å². The molecule has 2 aromatic heterocycles. The normalized spacial score (nSPS) is 10.9. The van der Waals surface area contributed by atoms with E-state index in [1.807, 2.05) is 10.9 Å². The summed E-state index contributed by atoms with van der Waals surface area (Å²) in [7, 11) is 0. The molecule has 0 aliphatic heterocycles. The van der Waals surface area contributed by atoms with Gasteiger partial charge in [0, 0.05) is 4.88 Å². The molecule has 20 heavy (non-hydrogen) atoms. The van der Waals surface area contributed by atoms with Crippen LogP contribution in [0.25, 0.3) is 16.3 Å². The second kappa shape index (κ2) is 4.80. The third-order valence-corrected chi connectivity index (χ3v) is 4.32. The van der Waals surface area contributed by atoms with Crippen molar-refractivity contribution >= 4 is 17.0 Å². The maximum Gasteiger partial charge on any atom is 0.126 e. The minimum absolute atomic E-state index is 0.715. The quantitative estimate of drug-likeness (QED) is 0.769. The Bertz CT molecular complexity index is 768. The minimum Gasteiger partial charge on any atom is -0.396 e. The number of nitrogens with zero attached hydrogens (tertiary/aromatic N) is 2. The predicted octanol–water partition coefficient (Wildman–Crippen LogP) is 4.11. The molecule has 0 fully saturated rings. The largest absolute Gasteiger partial charge is 0.396 e. The maximum atomic E-state index is 6.12. The number of thiophene rings is 1. The van der Waals surface area contributed by atoms with E-state index in [-0.39, 0.29) is 0 Å². The van der Waals surface area contributed by atoms with Crippen LogP contribution in [0.5, 0.6) is 0 Å². The molecule has 3 nitrogen and oxygen atoms in total. The van der Waals surface area contributed by atoms with E-state index in [0.717, 1.165) is 16.3 Å². The molecule has 0 aliphatic rings. The van der Waals surface area contributed by atoms with Crippen LogP contribution in [0.15, 0.2) is 36.5 Å². The minimum atomic E-state index is 0.715. The second-order valence-electron chi connectivity index (χ2n) is 5.08. The van der Waals surface area contributed by atoms with Crippen LogP contribution in [-0.4, -0.2) is 9.78 Å². The number of hydrogen-bond acceptors (Lipinski definition) is 3. The van der Waals surface area contributed by atoms with Gasteiger partial charge in [0.15, 0.2) is 0 Å². The number of aromatic nitrogens is 2.